The summed E-state index contributed by atoms with van der Waals surface area (Å²) in [6, 6.07) is 6.95. The van der Waals surface area contributed by atoms with E-state index in [1.54, 1.807) is 7.11 Å². The number of aryl methyl sites for hydroxylation is 1. The molecular weight excluding hydrogens is 270 g/mol. The number of methoxy groups -OCH3 is 1. The molecule has 0 bridgehead atoms. The van der Waals surface area contributed by atoms with Gasteiger partial charge in [-0.1, -0.05) is 6.07 Å². The molecule has 1 aliphatic rings. The summed E-state index contributed by atoms with van der Waals surface area (Å²) in [7, 11) is 1.73. The van der Waals surface area contributed by atoms with Gasteiger partial charge in [0.1, 0.15) is 5.75 Å². The van der Waals surface area contributed by atoms with E-state index in [0.717, 1.165) is 36.6 Å². The molecule has 2 N–H and O–H groups in total. The van der Waals surface area contributed by atoms with Gasteiger partial charge in [-0.25, -0.2) is 0 Å². The van der Waals surface area contributed by atoms with Crippen LogP contribution in [0.15, 0.2) is 18.2 Å². The van der Waals surface area contributed by atoms with Crippen LogP contribution in [-0.4, -0.2) is 36.9 Å². The van der Waals surface area contributed by atoms with Crippen molar-refractivity contribution in [2.24, 2.45) is 0 Å². The standard InChI is InChI=1S/C16H25NO2S/c1-19-14-6-7-15-13(12-14)4-2-5-16(15)17-8-11-20-10-3-9-18/h6-7,12,16-18H,2-5,8-11H2,1H3. The Bertz CT molecular complexity index is 411. The second-order valence-corrected chi connectivity index (χ2v) is 6.38. The number of hydrogen-bond donors (Lipinski definition) is 2. The fraction of sp³-hybridized carbons (Fsp3) is 0.625. The molecule has 0 aliphatic heterocycles. The Morgan fingerprint density at radius 1 is 1.40 bits per heavy atom. The average molecular weight is 295 g/mol. The van der Waals surface area contributed by atoms with Gasteiger partial charge in [-0.3, -0.25) is 0 Å². The Kier molecular flexibility index (Phi) is 6.70. The Morgan fingerprint density at radius 3 is 3.10 bits per heavy atom. The van der Waals surface area contributed by atoms with Crippen molar-refractivity contribution in [1.82, 2.24) is 5.32 Å². The molecule has 1 aliphatic carbocycles. The molecule has 0 amide bonds. The molecule has 0 radical (unpaired) electrons. The Balaban J connectivity index is 1.82. The summed E-state index contributed by atoms with van der Waals surface area (Å²) < 4.78 is 5.31. The number of aliphatic hydroxyl groups excluding tert-OH is 1. The van der Waals surface area contributed by atoms with Crippen molar-refractivity contribution in [2.45, 2.75) is 31.7 Å². The fourth-order valence-corrected chi connectivity index (χ4v) is 3.50. The first-order chi connectivity index (χ1) is 9.85. The summed E-state index contributed by atoms with van der Waals surface area (Å²) in [5.74, 6) is 3.13. The first-order valence-electron chi connectivity index (χ1n) is 7.44. The van der Waals surface area contributed by atoms with Crippen LogP contribution in [0.5, 0.6) is 5.75 Å². The van der Waals surface area contributed by atoms with Gasteiger partial charge in [-0.2, -0.15) is 11.8 Å². The highest BCUT2D eigenvalue weighted by Crippen LogP contribution is 2.32. The number of aliphatic hydroxyl groups is 1. The lowest BCUT2D eigenvalue weighted by Gasteiger charge is -2.27. The van der Waals surface area contributed by atoms with Gasteiger partial charge in [0.05, 0.1) is 7.11 Å². The minimum Gasteiger partial charge on any atom is -0.497 e. The zero-order chi connectivity index (χ0) is 14.2. The number of hydrogen-bond acceptors (Lipinski definition) is 4. The molecule has 0 saturated heterocycles. The minimum absolute atomic E-state index is 0.304. The van der Waals surface area contributed by atoms with E-state index in [-0.39, 0.29) is 0 Å². The van der Waals surface area contributed by atoms with Gasteiger partial charge in [0, 0.05) is 24.9 Å². The number of thioether (sulfide) groups is 1. The molecule has 1 atom stereocenters. The highest BCUT2D eigenvalue weighted by molar-refractivity contribution is 7.99. The van der Waals surface area contributed by atoms with E-state index in [1.807, 2.05) is 11.8 Å². The van der Waals surface area contributed by atoms with Crippen molar-refractivity contribution in [1.29, 1.82) is 0 Å². The maximum atomic E-state index is 8.74. The first kappa shape index (κ1) is 15.7. The SMILES string of the molecule is COc1ccc2c(c1)CCCC2NCCSCCCO. The Labute approximate surface area is 126 Å². The third-order valence-corrected chi connectivity index (χ3v) is 4.82. The van der Waals surface area contributed by atoms with Gasteiger partial charge in [0.25, 0.3) is 0 Å². The molecule has 1 unspecified atom stereocenters. The molecule has 2 rings (SSSR count). The van der Waals surface area contributed by atoms with E-state index < -0.39 is 0 Å². The second-order valence-electron chi connectivity index (χ2n) is 5.15. The Morgan fingerprint density at radius 2 is 2.30 bits per heavy atom. The zero-order valence-corrected chi connectivity index (χ0v) is 13.0. The fourth-order valence-electron chi connectivity index (χ4n) is 2.70. The molecule has 1 aromatic carbocycles. The molecule has 0 heterocycles. The first-order valence-corrected chi connectivity index (χ1v) is 8.59. The highest BCUT2D eigenvalue weighted by Gasteiger charge is 2.19. The lowest BCUT2D eigenvalue weighted by atomic mass is 9.87. The summed E-state index contributed by atoms with van der Waals surface area (Å²) in [4.78, 5) is 0. The Hall–Kier alpha value is -0.710. The van der Waals surface area contributed by atoms with E-state index in [2.05, 4.69) is 23.5 Å². The molecule has 0 fully saturated rings. The molecule has 4 heteroatoms. The van der Waals surface area contributed by atoms with Crippen molar-refractivity contribution >= 4 is 11.8 Å². The van der Waals surface area contributed by atoms with E-state index in [1.165, 1.54) is 24.0 Å². The zero-order valence-electron chi connectivity index (χ0n) is 12.2. The lowest BCUT2D eigenvalue weighted by Crippen LogP contribution is -2.27. The van der Waals surface area contributed by atoms with Crippen molar-refractivity contribution in [2.75, 3.05) is 31.8 Å². The van der Waals surface area contributed by atoms with Crippen LogP contribution in [0.2, 0.25) is 0 Å². The summed E-state index contributed by atoms with van der Waals surface area (Å²) >= 11 is 1.91. The normalized spacial score (nSPS) is 17.8. The number of rotatable bonds is 8. The predicted molar refractivity (Wildman–Crippen MR) is 85.7 cm³/mol. The number of benzene rings is 1. The van der Waals surface area contributed by atoms with Gasteiger partial charge in [-0.15, -0.1) is 0 Å². The molecular formula is C16H25NO2S. The maximum Gasteiger partial charge on any atom is 0.119 e. The van der Waals surface area contributed by atoms with Crippen LogP contribution in [0.4, 0.5) is 0 Å². The van der Waals surface area contributed by atoms with Crippen LogP contribution in [0.1, 0.15) is 36.4 Å². The molecule has 112 valence electrons. The van der Waals surface area contributed by atoms with Gasteiger partial charge >= 0.3 is 0 Å². The average Bonchev–Trinajstić information content (AvgIpc) is 2.50. The van der Waals surface area contributed by atoms with Crippen LogP contribution in [0.25, 0.3) is 0 Å². The summed E-state index contributed by atoms with van der Waals surface area (Å²) in [5, 5.41) is 12.4. The minimum atomic E-state index is 0.304. The summed E-state index contributed by atoms with van der Waals surface area (Å²) in [5.41, 5.74) is 2.87. The van der Waals surface area contributed by atoms with Crippen molar-refractivity contribution in [3.05, 3.63) is 29.3 Å². The highest BCUT2D eigenvalue weighted by atomic mass is 32.2. The van der Waals surface area contributed by atoms with Crippen LogP contribution in [0.3, 0.4) is 0 Å². The van der Waals surface area contributed by atoms with Crippen LogP contribution in [0, 0.1) is 0 Å². The molecule has 1 aromatic rings. The summed E-state index contributed by atoms with van der Waals surface area (Å²) in [6.07, 6.45) is 4.53. The maximum absolute atomic E-state index is 8.74. The van der Waals surface area contributed by atoms with Crippen molar-refractivity contribution < 1.29 is 9.84 Å². The van der Waals surface area contributed by atoms with Crippen LogP contribution >= 0.6 is 11.8 Å². The quantitative estimate of drug-likeness (QED) is 0.724. The van der Waals surface area contributed by atoms with Crippen LogP contribution < -0.4 is 10.1 Å². The number of nitrogens with one attached hydrogen (secondary N) is 1. The summed E-state index contributed by atoms with van der Waals surface area (Å²) in [6.45, 7) is 1.34. The second kappa shape index (κ2) is 8.55. The molecule has 3 nitrogen and oxygen atoms in total. The smallest absolute Gasteiger partial charge is 0.119 e. The number of ether oxygens (including phenoxy) is 1. The van der Waals surface area contributed by atoms with Crippen LogP contribution in [-0.2, 0) is 6.42 Å². The largest absolute Gasteiger partial charge is 0.497 e. The van der Waals surface area contributed by atoms with Crippen molar-refractivity contribution in [3.63, 3.8) is 0 Å². The molecule has 0 saturated carbocycles. The molecule has 20 heavy (non-hydrogen) atoms. The monoisotopic (exact) mass is 295 g/mol. The van der Waals surface area contributed by atoms with Gasteiger partial charge < -0.3 is 15.2 Å². The van der Waals surface area contributed by atoms with Gasteiger partial charge in [0.2, 0.25) is 0 Å². The van der Waals surface area contributed by atoms with E-state index >= 15 is 0 Å². The third kappa shape index (κ3) is 4.40. The van der Waals surface area contributed by atoms with E-state index in [9.17, 15) is 0 Å². The third-order valence-electron chi connectivity index (χ3n) is 3.75. The topological polar surface area (TPSA) is 41.5 Å². The van der Waals surface area contributed by atoms with Gasteiger partial charge in [0.15, 0.2) is 0 Å². The number of fused-ring (bicyclic) bond motifs is 1. The van der Waals surface area contributed by atoms with E-state index in [0.29, 0.717) is 12.6 Å². The molecule has 0 spiro atoms. The lowest BCUT2D eigenvalue weighted by molar-refractivity contribution is 0.296. The van der Waals surface area contributed by atoms with E-state index in [4.69, 9.17) is 9.84 Å². The van der Waals surface area contributed by atoms with Crippen molar-refractivity contribution in [3.8, 4) is 5.75 Å². The predicted octanol–water partition coefficient (Wildman–Crippen LogP) is 2.78. The molecule has 0 aromatic heterocycles. The van der Waals surface area contributed by atoms with Gasteiger partial charge in [-0.05, 0) is 54.7 Å².